The molecule has 1 aliphatic carbocycles. The van der Waals surface area contributed by atoms with Gasteiger partial charge < -0.3 is 15.2 Å². The van der Waals surface area contributed by atoms with Crippen molar-refractivity contribution < 1.29 is 9.84 Å². The van der Waals surface area contributed by atoms with Crippen LogP contribution in [0.3, 0.4) is 0 Å². The van der Waals surface area contributed by atoms with Gasteiger partial charge in [0, 0.05) is 19.1 Å². The van der Waals surface area contributed by atoms with Crippen molar-refractivity contribution in [2.75, 3.05) is 39.5 Å². The highest BCUT2D eigenvalue weighted by molar-refractivity contribution is 4.97. The van der Waals surface area contributed by atoms with Gasteiger partial charge in [-0.05, 0) is 37.1 Å². The van der Waals surface area contributed by atoms with Gasteiger partial charge in [0.2, 0.25) is 0 Å². The van der Waals surface area contributed by atoms with Gasteiger partial charge in [0.25, 0.3) is 0 Å². The normalized spacial score (nSPS) is 34.5. The summed E-state index contributed by atoms with van der Waals surface area (Å²) >= 11 is 0. The summed E-state index contributed by atoms with van der Waals surface area (Å²) in [7, 11) is 0. The molecule has 0 radical (unpaired) electrons. The SMILES string of the molecule is CCCNC1C(CN2CCOCC2CO)CCC1(C)C. The molecule has 2 fully saturated rings. The zero-order valence-electron chi connectivity index (χ0n) is 13.4. The van der Waals surface area contributed by atoms with Gasteiger partial charge in [-0.2, -0.15) is 0 Å². The van der Waals surface area contributed by atoms with Crippen LogP contribution in [0.25, 0.3) is 0 Å². The van der Waals surface area contributed by atoms with Crippen LogP contribution in [-0.2, 0) is 4.74 Å². The summed E-state index contributed by atoms with van der Waals surface area (Å²) < 4.78 is 5.48. The maximum Gasteiger partial charge on any atom is 0.0644 e. The quantitative estimate of drug-likeness (QED) is 0.775. The Bertz CT molecular complexity index is 296. The number of nitrogens with one attached hydrogen (secondary N) is 1. The Labute approximate surface area is 123 Å². The Balaban J connectivity index is 1.95. The molecule has 3 atom stereocenters. The number of aliphatic hydroxyl groups is 1. The summed E-state index contributed by atoms with van der Waals surface area (Å²) in [6, 6.07) is 0.795. The van der Waals surface area contributed by atoms with E-state index in [0.717, 1.165) is 26.2 Å². The predicted molar refractivity (Wildman–Crippen MR) is 81.9 cm³/mol. The lowest BCUT2D eigenvalue weighted by Crippen LogP contribution is -2.52. The van der Waals surface area contributed by atoms with Crippen LogP contribution in [0.5, 0.6) is 0 Å². The van der Waals surface area contributed by atoms with Crippen molar-refractivity contribution in [3.63, 3.8) is 0 Å². The highest BCUT2D eigenvalue weighted by Gasteiger charge is 2.42. The molecule has 0 aromatic carbocycles. The standard InChI is InChI=1S/C16H32N2O2/c1-4-7-17-15-13(5-6-16(15,2)3)10-18-8-9-20-12-14(18)11-19/h13-15,17,19H,4-12H2,1-3H3. The number of nitrogens with zero attached hydrogens (tertiary/aromatic N) is 1. The second-order valence-corrected chi connectivity index (χ2v) is 7.13. The van der Waals surface area contributed by atoms with Gasteiger partial charge in [-0.25, -0.2) is 0 Å². The van der Waals surface area contributed by atoms with E-state index in [0.29, 0.717) is 24.0 Å². The molecular weight excluding hydrogens is 252 g/mol. The summed E-state index contributed by atoms with van der Waals surface area (Å²) in [6.45, 7) is 11.9. The first kappa shape index (κ1) is 16.2. The molecule has 1 saturated heterocycles. The van der Waals surface area contributed by atoms with E-state index in [-0.39, 0.29) is 12.6 Å². The van der Waals surface area contributed by atoms with E-state index in [4.69, 9.17) is 4.74 Å². The van der Waals surface area contributed by atoms with Gasteiger partial charge in [-0.1, -0.05) is 20.8 Å². The maximum absolute atomic E-state index is 9.51. The fraction of sp³-hybridized carbons (Fsp3) is 1.00. The minimum atomic E-state index is 0.194. The first-order chi connectivity index (χ1) is 9.58. The van der Waals surface area contributed by atoms with E-state index in [9.17, 15) is 5.11 Å². The van der Waals surface area contributed by atoms with Crippen molar-refractivity contribution in [3.05, 3.63) is 0 Å². The molecule has 4 nitrogen and oxygen atoms in total. The van der Waals surface area contributed by atoms with Crippen molar-refractivity contribution in [1.82, 2.24) is 10.2 Å². The Morgan fingerprint density at radius 2 is 2.20 bits per heavy atom. The first-order valence-corrected chi connectivity index (χ1v) is 8.24. The molecular formula is C16H32N2O2. The number of ether oxygens (including phenoxy) is 1. The van der Waals surface area contributed by atoms with E-state index in [2.05, 4.69) is 31.0 Å². The lowest BCUT2D eigenvalue weighted by Gasteiger charge is -2.39. The van der Waals surface area contributed by atoms with Crippen LogP contribution in [0.4, 0.5) is 0 Å². The molecule has 20 heavy (non-hydrogen) atoms. The lowest BCUT2D eigenvalue weighted by atomic mass is 9.84. The molecule has 0 bridgehead atoms. The summed E-state index contributed by atoms with van der Waals surface area (Å²) in [5.41, 5.74) is 0.390. The molecule has 0 amide bonds. The molecule has 4 heteroatoms. The van der Waals surface area contributed by atoms with E-state index in [1.54, 1.807) is 0 Å². The minimum Gasteiger partial charge on any atom is -0.395 e. The topological polar surface area (TPSA) is 44.7 Å². The molecule has 118 valence electrons. The van der Waals surface area contributed by atoms with Gasteiger partial charge in [0.1, 0.15) is 0 Å². The number of hydrogen-bond acceptors (Lipinski definition) is 4. The number of morpholine rings is 1. The van der Waals surface area contributed by atoms with Crippen LogP contribution in [-0.4, -0.2) is 61.5 Å². The number of rotatable bonds is 6. The van der Waals surface area contributed by atoms with Crippen molar-refractivity contribution in [2.24, 2.45) is 11.3 Å². The fourth-order valence-corrected chi connectivity index (χ4v) is 3.86. The van der Waals surface area contributed by atoms with Crippen LogP contribution in [0.15, 0.2) is 0 Å². The van der Waals surface area contributed by atoms with Crippen LogP contribution in [0, 0.1) is 11.3 Å². The second-order valence-electron chi connectivity index (χ2n) is 7.13. The highest BCUT2D eigenvalue weighted by atomic mass is 16.5. The van der Waals surface area contributed by atoms with E-state index < -0.39 is 0 Å². The van der Waals surface area contributed by atoms with E-state index in [1.165, 1.54) is 19.3 Å². The molecule has 1 saturated carbocycles. The maximum atomic E-state index is 9.51. The third kappa shape index (κ3) is 3.73. The summed E-state index contributed by atoms with van der Waals surface area (Å²) in [5, 5.41) is 13.3. The van der Waals surface area contributed by atoms with E-state index >= 15 is 0 Å². The molecule has 2 N–H and O–H groups in total. The first-order valence-electron chi connectivity index (χ1n) is 8.24. The molecule has 2 rings (SSSR count). The van der Waals surface area contributed by atoms with Gasteiger partial charge in [-0.15, -0.1) is 0 Å². The van der Waals surface area contributed by atoms with Crippen molar-refractivity contribution in [2.45, 2.75) is 52.1 Å². The van der Waals surface area contributed by atoms with Crippen LogP contribution in [0.1, 0.15) is 40.0 Å². The van der Waals surface area contributed by atoms with Crippen LogP contribution in [0.2, 0.25) is 0 Å². The highest BCUT2D eigenvalue weighted by Crippen LogP contribution is 2.41. The zero-order chi connectivity index (χ0) is 14.6. The predicted octanol–water partition coefficient (Wildman–Crippen LogP) is 1.48. The number of hydrogen-bond donors (Lipinski definition) is 2. The van der Waals surface area contributed by atoms with Crippen LogP contribution >= 0.6 is 0 Å². The van der Waals surface area contributed by atoms with Gasteiger partial charge in [0.05, 0.1) is 25.9 Å². The lowest BCUT2D eigenvalue weighted by molar-refractivity contribution is -0.0353. The van der Waals surface area contributed by atoms with Crippen molar-refractivity contribution in [3.8, 4) is 0 Å². The second kappa shape index (κ2) is 7.21. The smallest absolute Gasteiger partial charge is 0.0644 e. The fourth-order valence-electron chi connectivity index (χ4n) is 3.86. The molecule has 0 aromatic rings. The summed E-state index contributed by atoms with van der Waals surface area (Å²) in [6.07, 6.45) is 3.78. The molecule has 1 heterocycles. The Morgan fingerprint density at radius 3 is 2.90 bits per heavy atom. The molecule has 2 aliphatic rings. The largest absolute Gasteiger partial charge is 0.395 e. The van der Waals surface area contributed by atoms with Crippen molar-refractivity contribution in [1.29, 1.82) is 0 Å². The van der Waals surface area contributed by atoms with Gasteiger partial charge in [0.15, 0.2) is 0 Å². The molecule has 0 aromatic heterocycles. The van der Waals surface area contributed by atoms with Gasteiger partial charge in [-0.3, -0.25) is 4.90 Å². The van der Waals surface area contributed by atoms with Crippen LogP contribution < -0.4 is 5.32 Å². The molecule has 0 spiro atoms. The van der Waals surface area contributed by atoms with Gasteiger partial charge >= 0.3 is 0 Å². The summed E-state index contributed by atoms with van der Waals surface area (Å²) in [5.74, 6) is 0.698. The average Bonchev–Trinajstić information content (AvgIpc) is 2.72. The Morgan fingerprint density at radius 1 is 1.40 bits per heavy atom. The Hall–Kier alpha value is -0.160. The Kier molecular flexibility index (Phi) is 5.84. The molecule has 1 aliphatic heterocycles. The summed E-state index contributed by atoms with van der Waals surface area (Å²) in [4.78, 5) is 2.44. The molecule has 3 unspecified atom stereocenters. The monoisotopic (exact) mass is 284 g/mol. The minimum absolute atomic E-state index is 0.194. The average molecular weight is 284 g/mol. The third-order valence-corrected chi connectivity index (χ3v) is 5.12. The zero-order valence-corrected chi connectivity index (χ0v) is 13.4. The number of aliphatic hydroxyl groups excluding tert-OH is 1. The third-order valence-electron chi connectivity index (χ3n) is 5.12. The van der Waals surface area contributed by atoms with Crippen molar-refractivity contribution >= 4 is 0 Å². The van der Waals surface area contributed by atoms with E-state index in [1.807, 2.05) is 0 Å².